The summed E-state index contributed by atoms with van der Waals surface area (Å²) >= 11 is 0. The van der Waals surface area contributed by atoms with Gasteiger partial charge in [-0.2, -0.15) is 4.39 Å². The molecule has 0 spiro atoms. The molecule has 1 heterocycles. The van der Waals surface area contributed by atoms with Crippen LogP contribution in [0.5, 0.6) is 5.75 Å². The molecule has 0 aromatic carbocycles. The first-order chi connectivity index (χ1) is 9.58. The number of methoxy groups -OCH3 is 2. The summed E-state index contributed by atoms with van der Waals surface area (Å²) in [5, 5.41) is 0. The van der Waals surface area contributed by atoms with Crippen LogP contribution in [0.1, 0.15) is 51.6 Å². The molecule has 1 atom stereocenters. The smallest absolute Gasteiger partial charge is 0.255 e. The number of unbranched alkanes of at least 4 members (excludes halogenated alkanes) is 1. The summed E-state index contributed by atoms with van der Waals surface area (Å²) in [6.07, 6.45) is 6.80. The molecule has 0 N–H and O–H groups in total. The molecule has 0 aliphatic heterocycles. The van der Waals surface area contributed by atoms with Crippen LogP contribution in [0, 0.1) is 12.9 Å². The summed E-state index contributed by atoms with van der Waals surface area (Å²) < 4.78 is 22.6. The van der Waals surface area contributed by atoms with Gasteiger partial charge in [0, 0.05) is 12.8 Å². The van der Waals surface area contributed by atoms with Crippen LogP contribution in [0.2, 0.25) is 0 Å². The zero-order chi connectivity index (χ0) is 15.4. The van der Waals surface area contributed by atoms with Crippen molar-refractivity contribution in [3.8, 4) is 5.75 Å². The van der Waals surface area contributed by atoms with Crippen LogP contribution in [0.25, 0.3) is 0 Å². The number of hydrogen-bond donors (Lipinski definition) is 0. The average molecular weight is 285 g/mol. The van der Waals surface area contributed by atoms with E-state index in [9.17, 15) is 4.39 Å². The minimum absolute atomic E-state index is 0.186. The van der Waals surface area contributed by atoms with Crippen LogP contribution < -0.4 is 4.74 Å². The lowest BCUT2D eigenvalue weighted by molar-refractivity contribution is 0.0854. The zero-order valence-corrected chi connectivity index (χ0v) is 13.4. The molecule has 0 saturated heterocycles. The van der Waals surface area contributed by atoms with Crippen LogP contribution in [-0.2, 0) is 4.74 Å². The number of hydrogen-bond acceptors (Lipinski definition) is 3. The van der Waals surface area contributed by atoms with Gasteiger partial charge >= 0.3 is 0 Å². The molecule has 1 rings (SSSR count). The molecule has 3 nitrogen and oxygen atoms in total. The van der Waals surface area contributed by atoms with Crippen LogP contribution in [0.3, 0.4) is 0 Å². The van der Waals surface area contributed by atoms with E-state index in [1.165, 1.54) is 39.2 Å². The van der Waals surface area contributed by atoms with E-state index in [4.69, 9.17) is 4.74 Å². The molecule has 0 aliphatic rings. The van der Waals surface area contributed by atoms with E-state index in [0.717, 1.165) is 0 Å². The van der Waals surface area contributed by atoms with E-state index in [0.29, 0.717) is 11.8 Å². The zero-order valence-electron chi connectivity index (χ0n) is 13.4. The molecule has 0 aliphatic carbocycles. The topological polar surface area (TPSA) is 31.4 Å². The predicted octanol–water partition coefficient (Wildman–Crippen LogP) is 4.53. The molecule has 1 unspecified atom stereocenters. The van der Waals surface area contributed by atoms with E-state index in [1.807, 2.05) is 7.11 Å². The third-order valence-corrected chi connectivity index (χ3v) is 3.00. The van der Waals surface area contributed by atoms with Gasteiger partial charge in [-0.3, -0.25) is 0 Å². The van der Waals surface area contributed by atoms with Crippen molar-refractivity contribution in [2.75, 3.05) is 14.2 Å². The molecule has 0 amide bonds. The first-order valence-corrected chi connectivity index (χ1v) is 7.28. The Morgan fingerprint density at radius 2 is 1.85 bits per heavy atom. The molecule has 0 radical (unpaired) electrons. The first kappa shape index (κ1) is 18.8. The number of halogens is 1. The van der Waals surface area contributed by atoms with Gasteiger partial charge < -0.3 is 9.47 Å². The summed E-state index contributed by atoms with van der Waals surface area (Å²) in [5.41, 5.74) is 0.651. The van der Waals surface area contributed by atoms with Crippen molar-refractivity contribution in [1.29, 1.82) is 0 Å². The Bertz CT molecular complexity index is 358. The van der Waals surface area contributed by atoms with E-state index < -0.39 is 5.95 Å². The Balaban J connectivity index is 0.000000361. The number of ether oxygens (including phenoxy) is 2. The number of pyridine rings is 1. The van der Waals surface area contributed by atoms with Crippen molar-refractivity contribution in [3.63, 3.8) is 0 Å². The minimum Gasteiger partial charge on any atom is -0.492 e. The van der Waals surface area contributed by atoms with Crippen LogP contribution in [0.15, 0.2) is 12.1 Å². The third-order valence-electron chi connectivity index (χ3n) is 3.00. The maximum atomic E-state index is 12.6. The summed E-state index contributed by atoms with van der Waals surface area (Å²) in [6, 6.07) is 3.25. The van der Waals surface area contributed by atoms with E-state index in [-0.39, 0.29) is 5.75 Å². The van der Waals surface area contributed by atoms with Crippen molar-refractivity contribution in [1.82, 2.24) is 4.98 Å². The molecular weight excluding hydrogens is 257 g/mol. The van der Waals surface area contributed by atoms with E-state index in [1.54, 1.807) is 19.1 Å². The summed E-state index contributed by atoms with van der Waals surface area (Å²) in [7, 11) is 3.23. The minimum atomic E-state index is -0.553. The van der Waals surface area contributed by atoms with Gasteiger partial charge in [0.15, 0.2) is 5.75 Å². The lowest BCUT2D eigenvalue weighted by Crippen LogP contribution is -2.09. The second-order valence-electron chi connectivity index (χ2n) is 4.73. The molecular formula is C16H28FNO2. The van der Waals surface area contributed by atoms with Crippen LogP contribution in [0.4, 0.5) is 4.39 Å². The molecule has 116 valence electrons. The van der Waals surface area contributed by atoms with Gasteiger partial charge in [0.05, 0.1) is 13.2 Å². The fourth-order valence-electron chi connectivity index (χ4n) is 1.80. The highest BCUT2D eigenvalue weighted by atomic mass is 19.1. The highest BCUT2D eigenvalue weighted by Crippen LogP contribution is 2.13. The number of rotatable bonds is 7. The second-order valence-corrected chi connectivity index (χ2v) is 4.73. The fourth-order valence-corrected chi connectivity index (χ4v) is 1.80. The molecule has 0 saturated carbocycles. The largest absolute Gasteiger partial charge is 0.492 e. The van der Waals surface area contributed by atoms with Crippen molar-refractivity contribution in [2.45, 2.75) is 59.0 Å². The molecule has 1 aromatic heterocycles. The molecule has 0 fully saturated rings. The summed E-state index contributed by atoms with van der Waals surface area (Å²) in [4.78, 5) is 3.55. The maximum absolute atomic E-state index is 12.6. The van der Waals surface area contributed by atoms with Gasteiger partial charge in [0.1, 0.15) is 0 Å². The standard InChI is InChI=1S/C9H20O.C7H8FNO/c1-4-6-8-9(10-3)7-5-2;1-5-3-4-6(10-2)7(8)9-5/h9H,4-8H2,1-3H3;3-4H,1-2H3. The Labute approximate surface area is 122 Å². The van der Waals surface area contributed by atoms with Crippen molar-refractivity contribution in [2.24, 2.45) is 0 Å². The first-order valence-electron chi connectivity index (χ1n) is 7.28. The van der Waals surface area contributed by atoms with Gasteiger partial charge in [0.25, 0.3) is 5.95 Å². The normalized spacial score (nSPS) is 11.5. The third kappa shape index (κ3) is 8.10. The van der Waals surface area contributed by atoms with E-state index in [2.05, 4.69) is 23.6 Å². The Hall–Kier alpha value is -1.16. The maximum Gasteiger partial charge on any atom is 0.255 e. The van der Waals surface area contributed by atoms with E-state index >= 15 is 0 Å². The molecule has 20 heavy (non-hydrogen) atoms. The van der Waals surface area contributed by atoms with Gasteiger partial charge in [-0.25, -0.2) is 4.98 Å². The van der Waals surface area contributed by atoms with Gasteiger partial charge in [-0.1, -0.05) is 33.1 Å². The molecule has 1 aromatic rings. The van der Waals surface area contributed by atoms with Gasteiger partial charge in [-0.05, 0) is 31.9 Å². The number of aryl methyl sites for hydroxylation is 1. The quantitative estimate of drug-likeness (QED) is 0.690. The average Bonchev–Trinajstić information content (AvgIpc) is 2.44. The second kappa shape index (κ2) is 11.6. The highest BCUT2D eigenvalue weighted by Gasteiger charge is 2.03. The Kier molecular flexibility index (Phi) is 11.0. The fraction of sp³-hybridized carbons (Fsp3) is 0.688. The summed E-state index contributed by atoms with van der Waals surface area (Å²) in [6.45, 7) is 6.15. The molecule has 0 bridgehead atoms. The van der Waals surface area contributed by atoms with Gasteiger partial charge in [0.2, 0.25) is 0 Å². The van der Waals surface area contributed by atoms with Crippen molar-refractivity contribution < 1.29 is 13.9 Å². The summed E-state index contributed by atoms with van der Waals surface area (Å²) in [5.74, 6) is -0.367. The highest BCUT2D eigenvalue weighted by molar-refractivity contribution is 5.20. The lowest BCUT2D eigenvalue weighted by atomic mass is 10.1. The van der Waals surface area contributed by atoms with Crippen molar-refractivity contribution in [3.05, 3.63) is 23.8 Å². The Morgan fingerprint density at radius 3 is 2.30 bits per heavy atom. The predicted molar refractivity (Wildman–Crippen MR) is 80.7 cm³/mol. The van der Waals surface area contributed by atoms with Gasteiger partial charge in [-0.15, -0.1) is 0 Å². The number of nitrogens with zero attached hydrogens (tertiary/aromatic N) is 1. The number of aromatic nitrogens is 1. The monoisotopic (exact) mass is 285 g/mol. The molecule has 4 heteroatoms. The SMILES string of the molecule is CCCCC(CCC)OC.COc1ccc(C)nc1F. The Morgan fingerprint density at radius 1 is 1.15 bits per heavy atom. The van der Waals surface area contributed by atoms with Crippen LogP contribution >= 0.6 is 0 Å². The lowest BCUT2D eigenvalue weighted by Gasteiger charge is -2.12. The van der Waals surface area contributed by atoms with Crippen molar-refractivity contribution >= 4 is 0 Å². The van der Waals surface area contributed by atoms with Crippen LogP contribution in [-0.4, -0.2) is 25.3 Å².